The Bertz CT molecular complexity index is 946. The first kappa shape index (κ1) is 20.7. The number of thiazole rings is 1. The topological polar surface area (TPSA) is 68.0 Å². The maximum Gasteiger partial charge on any atom is 0.417 e. The molecule has 3 heterocycles. The van der Waals surface area contributed by atoms with Crippen LogP contribution in [0.15, 0.2) is 45.5 Å². The maximum absolute atomic E-state index is 12.6. The van der Waals surface area contributed by atoms with Crippen LogP contribution in [0.4, 0.5) is 13.2 Å². The van der Waals surface area contributed by atoms with Crippen molar-refractivity contribution in [1.29, 1.82) is 0 Å². The summed E-state index contributed by atoms with van der Waals surface area (Å²) >= 11 is 8.40. The van der Waals surface area contributed by atoms with Crippen LogP contribution in [0.1, 0.15) is 11.3 Å². The number of hydrogen-bond donors (Lipinski definition) is 1. The standard InChI is InChI=1S/C17H13ClF3N3O2S2/c18-12-6-10(17(19,20)21)8-23-15(12)27-5-3-22-14(25)7-11-9-28-16(24-11)13-2-1-4-26-13/h1-2,4,6,8-9H,3,5,7H2,(H,22,25). The Balaban J connectivity index is 1.43. The van der Waals surface area contributed by atoms with E-state index < -0.39 is 11.7 Å². The Morgan fingerprint density at radius 3 is 2.89 bits per heavy atom. The van der Waals surface area contributed by atoms with Gasteiger partial charge < -0.3 is 9.73 Å². The predicted molar refractivity (Wildman–Crippen MR) is 102 cm³/mol. The largest absolute Gasteiger partial charge is 0.462 e. The van der Waals surface area contributed by atoms with Crippen molar-refractivity contribution in [2.24, 2.45) is 0 Å². The molecule has 0 fully saturated rings. The molecule has 0 radical (unpaired) electrons. The van der Waals surface area contributed by atoms with Crippen LogP contribution >= 0.6 is 34.7 Å². The Labute approximate surface area is 171 Å². The van der Waals surface area contributed by atoms with Crippen LogP contribution in [0, 0.1) is 0 Å². The number of pyridine rings is 1. The van der Waals surface area contributed by atoms with Crippen LogP contribution < -0.4 is 5.32 Å². The first-order valence-corrected chi connectivity index (χ1v) is 10.2. The molecule has 3 aromatic rings. The zero-order valence-corrected chi connectivity index (χ0v) is 16.5. The molecule has 0 aliphatic rings. The van der Waals surface area contributed by atoms with Gasteiger partial charge in [-0.15, -0.1) is 23.1 Å². The number of nitrogens with one attached hydrogen (secondary N) is 1. The lowest BCUT2D eigenvalue weighted by molar-refractivity contribution is -0.137. The van der Waals surface area contributed by atoms with Gasteiger partial charge >= 0.3 is 6.18 Å². The Kier molecular flexibility index (Phi) is 6.63. The fourth-order valence-electron chi connectivity index (χ4n) is 2.15. The lowest BCUT2D eigenvalue weighted by atomic mass is 10.3. The number of alkyl halides is 3. The average molecular weight is 448 g/mol. The van der Waals surface area contributed by atoms with Gasteiger partial charge in [0, 0.05) is 23.9 Å². The van der Waals surface area contributed by atoms with E-state index in [1.807, 2.05) is 0 Å². The highest BCUT2D eigenvalue weighted by atomic mass is 35.5. The van der Waals surface area contributed by atoms with E-state index in [1.165, 1.54) is 23.1 Å². The van der Waals surface area contributed by atoms with Crippen LogP contribution in [0.2, 0.25) is 5.02 Å². The van der Waals surface area contributed by atoms with Crippen molar-refractivity contribution in [2.45, 2.75) is 17.6 Å². The zero-order chi connectivity index (χ0) is 20.1. The molecule has 0 saturated heterocycles. The van der Waals surface area contributed by atoms with Crippen molar-refractivity contribution < 1.29 is 22.4 Å². The number of thioether (sulfide) groups is 1. The smallest absolute Gasteiger partial charge is 0.417 e. The number of halogens is 4. The number of carbonyl (C=O) groups is 1. The van der Waals surface area contributed by atoms with Crippen LogP contribution in [0.25, 0.3) is 10.8 Å². The molecule has 0 spiro atoms. The number of carbonyl (C=O) groups excluding carboxylic acids is 1. The van der Waals surface area contributed by atoms with E-state index in [0.717, 1.165) is 12.3 Å². The van der Waals surface area contributed by atoms with E-state index in [2.05, 4.69) is 15.3 Å². The van der Waals surface area contributed by atoms with Gasteiger partial charge in [0.1, 0.15) is 5.03 Å². The van der Waals surface area contributed by atoms with E-state index >= 15 is 0 Å². The van der Waals surface area contributed by atoms with Gasteiger partial charge in [-0.2, -0.15) is 13.2 Å². The molecule has 1 amide bonds. The molecule has 3 rings (SSSR count). The second-order valence-corrected chi connectivity index (χ2v) is 7.85. The summed E-state index contributed by atoms with van der Waals surface area (Å²) in [6, 6.07) is 4.40. The molecule has 3 aromatic heterocycles. The third kappa shape index (κ3) is 5.49. The van der Waals surface area contributed by atoms with Gasteiger partial charge in [0.15, 0.2) is 10.8 Å². The summed E-state index contributed by atoms with van der Waals surface area (Å²) in [5.74, 6) is 0.857. The molecule has 0 aliphatic carbocycles. The first-order chi connectivity index (χ1) is 13.3. The summed E-state index contributed by atoms with van der Waals surface area (Å²) in [4.78, 5) is 20.1. The lowest BCUT2D eigenvalue weighted by Crippen LogP contribution is -2.27. The zero-order valence-electron chi connectivity index (χ0n) is 14.1. The van der Waals surface area contributed by atoms with Crippen molar-refractivity contribution in [1.82, 2.24) is 15.3 Å². The summed E-state index contributed by atoms with van der Waals surface area (Å²) < 4.78 is 43.0. The molecule has 0 unspecified atom stereocenters. The minimum absolute atomic E-state index is 0.0703. The van der Waals surface area contributed by atoms with Crippen LogP contribution in [0.5, 0.6) is 0 Å². The van der Waals surface area contributed by atoms with Crippen LogP contribution in [0.3, 0.4) is 0 Å². The molecule has 5 nitrogen and oxygen atoms in total. The molecular weight excluding hydrogens is 435 g/mol. The average Bonchev–Trinajstić information content (AvgIpc) is 3.30. The third-order valence-corrected chi connectivity index (χ3v) is 5.74. The fourth-order valence-corrected chi connectivity index (χ4v) is 3.99. The van der Waals surface area contributed by atoms with Crippen LogP contribution in [-0.4, -0.2) is 28.2 Å². The molecule has 0 atom stereocenters. The number of furan rings is 1. The number of nitrogens with zero attached hydrogens (tertiary/aromatic N) is 2. The normalized spacial score (nSPS) is 11.6. The molecule has 28 heavy (non-hydrogen) atoms. The number of amides is 1. The van der Waals surface area contributed by atoms with Gasteiger partial charge in [0.25, 0.3) is 0 Å². The minimum Gasteiger partial charge on any atom is -0.462 e. The summed E-state index contributed by atoms with van der Waals surface area (Å²) in [6.07, 6.45) is -2.06. The SMILES string of the molecule is O=C(Cc1csc(-c2ccco2)n1)NCCSc1ncc(C(F)(F)F)cc1Cl. The molecular formula is C17H13ClF3N3O2S2. The second kappa shape index (κ2) is 8.97. The second-order valence-electron chi connectivity index (χ2n) is 5.51. The van der Waals surface area contributed by atoms with Crippen molar-refractivity contribution in [2.75, 3.05) is 12.3 Å². The van der Waals surface area contributed by atoms with Gasteiger partial charge in [0.05, 0.1) is 29.0 Å². The van der Waals surface area contributed by atoms with Gasteiger partial charge in [-0.25, -0.2) is 9.97 Å². The molecule has 1 N–H and O–H groups in total. The summed E-state index contributed by atoms with van der Waals surface area (Å²) in [7, 11) is 0. The van der Waals surface area contributed by atoms with E-state index in [0.29, 0.717) is 28.8 Å². The minimum atomic E-state index is -4.49. The van der Waals surface area contributed by atoms with E-state index in [-0.39, 0.29) is 22.4 Å². The van der Waals surface area contributed by atoms with Crippen molar-refractivity contribution in [3.05, 3.63) is 52.3 Å². The van der Waals surface area contributed by atoms with Crippen molar-refractivity contribution in [3.63, 3.8) is 0 Å². The number of hydrogen-bond acceptors (Lipinski definition) is 6. The highest BCUT2D eigenvalue weighted by molar-refractivity contribution is 7.99. The molecule has 11 heteroatoms. The molecule has 0 aromatic carbocycles. The highest BCUT2D eigenvalue weighted by Crippen LogP contribution is 2.33. The number of aromatic nitrogens is 2. The molecule has 0 saturated carbocycles. The van der Waals surface area contributed by atoms with Gasteiger partial charge in [-0.05, 0) is 18.2 Å². The maximum atomic E-state index is 12.6. The van der Waals surface area contributed by atoms with Crippen molar-refractivity contribution >= 4 is 40.6 Å². The van der Waals surface area contributed by atoms with E-state index in [4.69, 9.17) is 16.0 Å². The summed E-state index contributed by atoms with van der Waals surface area (Å²) in [5.41, 5.74) is -0.263. The molecule has 0 aliphatic heterocycles. The van der Waals surface area contributed by atoms with Crippen molar-refractivity contribution in [3.8, 4) is 10.8 Å². The lowest BCUT2D eigenvalue weighted by Gasteiger charge is -2.09. The monoisotopic (exact) mass is 447 g/mol. The Hall–Kier alpha value is -2.04. The fraction of sp³-hybridized carbons (Fsp3) is 0.235. The van der Waals surface area contributed by atoms with Gasteiger partial charge in [0.2, 0.25) is 5.91 Å². The highest BCUT2D eigenvalue weighted by Gasteiger charge is 2.31. The van der Waals surface area contributed by atoms with Gasteiger partial charge in [-0.1, -0.05) is 11.6 Å². The quantitative estimate of drug-likeness (QED) is 0.411. The van der Waals surface area contributed by atoms with E-state index in [9.17, 15) is 18.0 Å². The third-order valence-electron chi connectivity index (χ3n) is 3.42. The van der Waals surface area contributed by atoms with Gasteiger partial charge in [-0.3, -0.25) is 4.79 Å². The first-order valence-electron chi connectivity index (χ1n) is 7.93. The number of rotatable bonds is 7. The summed E-state index contributed by atoms with van der Waals surface area (Å²) in [6.45, 7) is 0.317. The predicted octanol–water partition coefficient (Wildman–Crippen LogP) is 4.92. The Morgan fingerprint density at radius 2 is 2.21 bits per heavy atom. The van der Waals surface area contributed by atoms with Crippen LogP contribution in [-0.2, 0) is 17.4 Å². The molecule has 148 valence electrons. The Morgan fingerprint density at radius 1 is 1.39 bits per heavy atom. The molecule has 0 bridgehead atoms. The summed E-state index contributed by atoms with van der Waals surface area (Å²) in [5, 5.41) is 5.43. The van der Waals surface area contributed by atoms with E-state index in [1.54, 1.807) is 23.8 Å².